The van der Waals surface area contributed by atoms with E-state index in [1.165, 1.54) is 86.1 Å². The van der Waals surface area contributed by atoms with E-state index in [9.17, 15) is 0 Å². The highest BCUT2D eigenvalue weighted by Crippen LogP contribution is 2.46. The molecule has 2 fully saturated rings. The number of benzene rings is 5. The predicted molar refractivity (Wildman–Crippen MR) is 198 cm³/mol. The minimum atomic E-state index is 0.754. The monoisotopic (exact) mass is 612 g/mol. The fraction of sp³-hybridized carbons (Fsp3) is 0.350. The van der Waals surface area contributed by atoms with E-state index in [4.69, 9.17) is 0 Å². The molecular weight excluding hydrogens is 573 g/mol. The van der Waals surface area contributed by atoms with Gasteiger partial charge < -0.3 is 9.80 Å². The van der Waals surface area contributed by atoms with E-state index in [1.807, 2.05) is 22.7 Å². The van der Waals surface area contributed by atoms with Crippen molar-refractivity contribution in [3.63, 3.8) is 0 Å². The van der Waals surface area contributed by atoms with Crippen LogP contribution in [0.25, 0.3) is 61.9 Å². The standard InChI is InChI=1S/C40H40N2S2/c1-23-11-24(2)20-41(19-23)31-7-5-27-15-33-37(17-29(27)13-31)43-35-9-10-36-40(39(33)35)34-16-28-6-8-32(14-30(28)18-38(34)44-36)42-21-25(3)12-26(4)22-42/h5-10,13-18,23-26H,11-12,19-22H2,1-4H3. The van der Waals surface area contributed by atoms with E-state index in [0.717, 1.165) is 49.9 Å². The molecule has 0 aliphatic carbocycles. The lowest BCUT2D eigenvalue weighted by Gasteiger charge is -2.36. The fourth-order valence-electron chi connectivity index (χ4n) is 8.74. The molecule has 0 saturated carbocycles. The van der Waals surface area contributed by atoms with E-state index in [1.54, 1.807) is 0 Å². The number of hydrogen-bond acceptors (Lipinski definition) is 4. The van der Waals surface area contributed by atoms with Crippen molar-refractivity contribution >= 4 is 95.9 Å². The molecule has 222 valence electrons. The molecule has 5 aromatic carbocycles. The van der Waals surface area contributed by atoms with Gasteiger partial charge in [0.15, 0.2) is 0 Å². The second kappa shape index (κ2) is 10.1. The molecule has 4 atom stereocenters. The Bertz CT molecular complexity index is 2060. The van der Waals surface area contributed by atoms with Gasteiger partial charge in [0, 0.05) is 77.9 Å². The maximum Gasteiger partial charge on any atom is 0.0372 e. The maximum absolute atomic E-state index is 2.61. The van der Waals surface area contributed by atoms with Crippen molar-refractivity contribution in [3.05, 3.63) is 72.8 Å². The summed E-state index contributed by atoms with van der Waals surface area (Å²) in [4.78, 5) is 5.21. The number of thiophene rings is 2. The zero-order valence-electron chi connectivity index (χ0n) is 26.2. The molecule has 0 radical (unpaired) electrons. The minimum Gasteiger partial charge on any atom is -0.371 e. The number of anilines is 2. The van der Waals surface area contributed by atoms with Crippen molar-refractivity contribution in [2.45, 2.75) is 40.5 Å². The van der Waals surface area contributed by atoms with Gasteiger partial charge in [-0.25, -0.2) is 0 Å². The molecule has 7 aromatic rings. The van der Waals surface area contributed by atoms with Crippen molar-refractivity contribution in [3.8, 4) is 0 Å². The topological polar surface area (TPSA) is 6.48 Å². The lowest BCUT2D eigenvalue weighted by Crippen LogP contribution is -2.38. The van der Waals surface area contributed by atoms with Gasteiger partial charge in [-0.1, -0.05) is 39.8 Å². The Morgan fingerprint density at radius 2 is 0.864 bits per heavy atom. The molecule has 4 heteroatoms. The second-order valence-corrected chi connectivity index (χ2v) is 16.6. The third kappa shape index (κ3) is 4.40. The molecule has 4 unspecified atom stereocenters. The summed E-state index contributed by atoms with van der Waals surface area (Å²) in [7, 11) is 0. The van der Waals surface area contributed by atoms with E-state index >= 15 is 0 Å². The molecule has 2 aromatic heterocycles. The molecular formula is C40H40N2S2. The Labute approximate surface area is 267 Å². The first kappa shape index (κ1) is 27.0. The summed E-state index contributed by atoms with van der Waals surface area (Å²) in [6.07, 6.45) is 2.68. The first-order chi connectivity index (χ1) is 21.4. The van der Waals surface area contributed by atoms with Gasteiger partial charge in [0.25, 0.3) is 0 Å². The Hall–Kier alpha value is -3.34. The Morgan fingerprint density at radius 3 is 1.27 bits per heavy atom. The Kier molecular flexibility index (Phi) is 6.19. The van der Waals surface area contributed by atoms with Gasteiger partial charge in [-0.3, -0.25) is 0 Å². The normalized spacial score (nSPS) is 23.3. The first-order valence-electron chi connectivity index (χ1n) is 16.6. The van der Waals surface area contributed by atoms with E-state index in [2.05, 4.69) is 110 Å². The van der Waals surface area contributed by atoms with E-state index in [-0.39, 0.29) is 0 Å². The molecule has 2 aliphatic rings. The van der Waals surface area contributed by atoms with Crippen molar-refractivity contribution in [1.29, 1.82) is 0 Å². The third-order valence-electron chi connectivity index (χ3n) is 10.4. The van der Waals surface area contributed by atoms with Crippen LogP contribution in [-0.2, 0) is 0 Å². The van der Waals surface area contributed by atoms with Gasteiger partial charge in [-0.05, 0) is 119 Å². The largest absolute Gasteiger partial charge is 0.371 e. The van der Waals surface area contributed by atoms with Crippen LogP contribution in [0, 0.1) is 23.7 Å². The SMILES string of the molecule is CC1CC(C)CN(c2ccc3cc4c(cc3c2)sc2ccc3sc5cc6cc(N7CC(C)CC(C)C7)ccc6cc5c3c24)C1. The smallest absolute Gasteiger partial charge is 0.0372 e. The summed E-state index contributed by atoms with van der Waals surface area (Å²) in [5.41, 5.74) is 2.75. The van der Waals surface area contributed by atoms with Gasteiger partial charge in [-0.2, -0.15) is 0 Å². The Morgan fingerprint density at radius 1 is 0.455 bits per heavy atom. The van der Waals surface area contributed by atoms with Crippen molar-refractivity contribution < 1.29 is 0 Å². The van der Waals surface area contributed by atoms with Crippen LogP contribution < -0.4 is 9.80 Å². The zero-order valence-corrected chi connectivity index (χ0v) is 27.8. The molecule has 0 amide bonds. The second-order valence-electron chi connectivity index (χ2n) is 14.5. The molecule has 2 aliphatic heterocycles. The summed E-state index contributed by atoms with van der Waals surface area (Å²) in [5, 5.41) is 11.1. The lowest BCUT2D eigenvalue weighted by atomic mass is 9.91. The highest BCUT2D eigenvalue weighted by Gasteiger charge is 2.24. The average Bonchev–Trinajstić information content (AvgIpc) is 3.54. The van der Waals surface area contributed by atoms with Crippen LogP contribution in [0.1, 0.15) is 40.5 Å². The third-order valence-corrected chi connectivity index (χ3v) is 12.7. The molecule has 4 heterocycles. The maximum atomic E-state index is 2.61. The van der Waals surface area contributed by atoms with Crippen LogP contribution in [0.3, 0.4) is 0 Å². The Balaban J connectivity index is 1.17. The summed E-state index contributed by atoms with van der Waals surface area (Å²) in [5.74, 6) is 3.01. The van der Waals surface area contributed by atoms with Crippen molar-refractivity contribution in [1.82, 2.24) is 0 Å². The van der Waals surface area contributed by atoms with E-state index in [0.29, 0.717) is 0 Å². The summed E-state index contributed by atoms with van der Waals surface area (Å²) < 4.78 is 5.58. The number of hydrogen-bond donors (Lipinski definition) is 0. The number of piperidine rings is 2. The lowest BCUT2D eigenvalue weighted by molar-refractivity contribution is 0.357. The quantitative estimate of drug-likeness (QED) is 0.192. The van der Waals surface area contributed by atoms with Gasteiger partial charge in [0.2, 0.25) is 0 Å². The molecule has 2 saturated heterocycles. The number of nitrogens with zero attached hydrogens (tertiary/aromatic N) is 2. The molecule has 0 N–H and O–H groups in total. The molecule has 0 spiro atoms. The van der Waals surface area contributed by atoms with Crippen LogP contribution in [0.5, 0.6) is 0 Å². The van der Waals surface area contributed by atoms with Crippen LogP contribution in [0.15, 0.2) is 72.8 Å². The molecule has 44 heavy (non-hydrogen) atoms. The molecule has 0 bridgehead atoms. The summed E-state index contributed by atoms with van der Waals surface area (Å²) in [6.45, 7) is 14.2. The van der Waals surface area contributed by atoms with Crippen molar-refractivity contribution in [2.24, 2.45) is 23.7 Å². The van der Waals surface area contributed by atoms with Gasteiger partial charge in [0.05, 0.1) is 0 Å². The highest BCUT2D eigenvalue weighted by atomic mass is 32.1. The van der Waals surface area contributed by atoms with Crippen LogP contribution in [0.2, 0.25) is 0 Å². The number of rotatable bonds is 2. The van der Waals surface area contributed by atoms with Gasteiger partial charge >= 0.3 is 0 Å². The van der Waals surface area contributed by atoms with Crippen LogP contribution in [0.4, 0.5) is 11.4 Å². The molecule has 2 nitrogen and oxygen atoms in total. The molecule has 9 rings (SSSR count). The van der Waals surface area contributed by atoms with Crippen LogP contribution >= 0.6 is 22.7 Å². The summed E-state index contributed by atoms with van der Waals surface area (Å²) in [6, 6.07) is 28.9. The predicted octanol–water partition coefficient (Wildman–Crippen LogP) is 11.7. The summed E-state index contributed by atoms with van der Waals surface area (Å²) >= 11 is 3.91. The van der Waals surface area contributed by atoms with Gasteiger partial charge in [-0.15, -0.1) is 22.7 Å². The van der Waals surface area contributed by atoms with Gasteiger partial charge in [0.1, 0.15) is 0 Å². The number of fused-ring (bicyclic) bond motifs is 9. The van der Waals surface area contributed by atoms with Crippen molar-refractivity contribution in [2.75, 3.05) is 36.0 Å². The average molecular weight is 613 g/mol. The fourth-order valence-corrected chi connectivity index (χ4v) is 11.0. The van der Waals surface area contributed by atoms with Crippen LogP contribution in [-0.4, -0.2) is 26.2 Å². The minimum absolute atomic E-state index is 0.754. The first-order valence-corrected chi connectivity index (χ1v) is 18.2. The highest BCUT2D eigenvalue weighted by molar-refractivity contribution is 7.28. The van der Waals surface area contributed by atoms with E-state index < -0.39 is 0 Å². The zero-order chi connectivity index (χ0) is 29.7.